The first kappa shape index (κ1) is 17.8. The van der Waals surface area contributed by atoms with Gasteiger partial charge in [-0.2, -0.15) is 0 Å². The lowest BCUT2D eigenvalue weighted by atomic mass is 10.1. The van der Waals surface area contributed by atoms with Gasteiger partial charge in [-0.05, 0) is 49.7 Å². The second kappa shape index (κ2) is 7.60. The maximum Gasteiger partial charge on any atom is 0.241 e. The van der Waals surface area contributed by atoms with Gasteiger partial charge in [0.15, 0.2) is 11.5 Å². The number of ether oxygens (including phenoxy) is 2. The molecule has 0 aliphatic carbocycles. The first-order valence-corrected chi connectivity index (χ1v) is 9.70. The first-order valence-electron chi connectivity index (χ1n) is 9.70. The summed E-state index contributed by atoms with van der Waals surface area (Å²) in [5.41, 5.74) is 2.68. The second-order valence-corrected chi connectivity index (χ2v) is 7.18. The van der Waals surface area contributed by atoms with Crippen LogP contribution >= 0.6 is 0 Å². The van der Waals surface area contributed by atoms with Gasteiger partial charge in [0.05, 0.1) is 12.2 Å². The van der Waals surface area contributed by atoms with Gasteiger partial charge in [0.1, 0.15) is 6.26 Å². The zero-order chi connectivity index (χ0) is 19.6. The van der Waals surface area contributed by atoms with Crippen LogP contribution in [0.15, 0.2) is 59.3 Å². The smallest absolute Gasteiger partial charge is 0.241 e. The minimum absolute atomic E-state index is 0.0103. The van der Waals surface area contributed by atoms with Gasteiger partial charge in [0, 0.05) is 23.4 Å². The summed E-state index contributed by atoms with van der Waals surface area (Å²) in [5, 5.41) is 3.04. The number of benzene rings is 2. The van der Waals surface area contributed by atoms with Crippen LogP contribution in [0.2, 0.25) is 0 Å². The van der Waals surface area contributed by atoms with Gasteiger partial charge < -0.3 is 19.2 Å². The summed E-state index contributed by atoms with van der Waals surface area (Å²) in [6.45, 7) is 1.79. The number of hydrogen-bond donors (Lipinski definition) is 1. The van der Waals surface area contributed by atoms with E-state index in [1.165, 1.54) is 0 Å². The van der Waals surface area contributed by atoms with Crippen LogP contribution in [0, 0.1) is 0 Å². The number of hydrogen-bond acceptors (Lipinski definition) is 6. The predicted octanol–water partition coefficient (Wildman–Crippen LogP) is 3.67. The molecule has 1 amide bonds. The van der Waals surface area contributed by atoms with Gasteiger partial charge in [-0.15, -0.1) is 0 Å². The molecule has 2 aliphatic rings. The Morgan fingerprint density at radius 2 is 2.07 bits per heavy atom. The Labute approximate surface area is 168 Å². The summed E-state index contributed by atoms with van der Waals surface area (Å²) in [7, 11) is 0. The van der Waals surface area contributed by atoms with Crippen LogP contribution in [-0.4, -0.2) is 35.2 Å². The normalized spacial score (nSPS) is 18.1. The molecular weight excluding hydrogens is 370 g/mol. The van der Waals surface area contributed by atoms with Crippen LogP contribution in [0.4, 0.5) is 5.69 Å². The van der Waals surface area contributed by atoms with E-state index in [1.807, 2.05) is 42.5 Å². The highest BCUT2D eigenvalue weighted by Gasteiger charge is 2.32. The summed E-state index contributed by atoms with van der Waals surface area (Å²) < 4.78 is 16.4. The Bertz CT molecular complexity index is 1000. The van der Waals surface area contributed by atoms with E-state index in [9.17, 15) is 4.79 Å². The highest BCUT2D eigenvalue weighted by Crippen LogP contribution is 2.37. The van der Waals surface area contributed by atoms with E-state index in [1.54, 1.807) is 12.5 Å². The minimum atomic E-state index is -0.167. The monoisotopic (exact) mass is 391 g/mol. The van der Waals surface area contributed by atoms with Crippen molar-refractivity contribution in [2.45, 2.75) is 25.4 Å². The van der Waals surface area contributed by atoms with Gasteiger partial charge in [0.25, 0.3) is 0 Å². The van der Waals surface area contributed by atoms with Crippen molar-refractivity contribution in [3.8, 4) is 23.0 Å². The average molecular weight is 391 g/mol. The fourth-order valence-corrected chi connectivity index (χ4v) is 3.93. The van der Waals surface area contributed by atoms with Crippen molar-refractivity contribution in [3.63, 3.8) is 0 Å². The molecular formula is C22H21N3O4. The van der Waals surface area contributed by atoms with E-state index >= 15 is 0 Å². The third kappa shape index (κ3) is 3.56. The minimum Gasteiger partial charge on any atom is -0.454 e. The molecule has 5 rings (SSSR count). The zero-order valence-electron chi connectivity index (χ0n) is 15.8. The molecule has 1 aromatic heterocycles. The number of para-hydroxylation sites is 1. The standard InChI is InChI=1S/C22H21N3O4/c26-21(24-17-8-6-15(7-9-17)22-23-10-12-27-22)18-4-2-11-25(18)13-16-3-1-5-19-20(16)29-14-28-19/h1,3,5-10,12,18H,2,4,11,13-14H2,(H,24,26). The van der Waals surface area contributed by atoms with Crippen LogP contribution < -0.4 is 14.8 Å². The maximum absolute atomic E-state index is 12.9. The van der Waals surface area contributed by atoms with Crippen LogP contribution in [0.25, 0.3) is 11.5 Å². The summed E-state index contributed by atoms with van der Waals surface area (Å²) >= 11 is 0. The highest BCUT2D eigenvalue weighted by molar-refractivity contribution is 5.95. The van der Waals surface area contributed by atoms with Gasteiger partial charge in [-0.25, -0.2) is 4.98 Å². The average Bonchev–Trinajstić information content (AvgIpc) is 3.50. The van der Waals surface area contributed by atoms with E-state index in [0.29, 0.717) is 12.4 Å². The van der Waals surface area contributed by atoms with Crippen molar-refractivity contribution in [2.75, 3.05) is 18.7 Å². The Morgan fingerprint density at radius 3 is 2.90 bits per heavy atom. The number of oxazole rings is 1. The van der Waals surface area contributed by atoms with Crippen molar-refractivity contribution >= 4 is 11.6 Å². The van der Waals surface area contributed by atoms with E-state index in [4.69, 9.17) is 13.9 Å². The lowest BCUT2D eigenvalue weighted by Gasteiger charge is -2.24. The molecule has 29 heavy (non-hydrogen) atoms. The third-order valence-electron chi connectivity index (χ3n) is 5.35. The van der Waals surface area contributed by atoms with Crippen LogP contribution in [-0.2, 0) is 11.3 Å². The summed E-state index contributed by atoms with van der Waals surface area (Å²) in [4.78, 5) is 19.3. The maximum atomic E-state index is 12.9. The number of amides is 1. The Kier molecular flexibility index (Phi) is 4.65. The van der Waals surface area contributed by atoms with Crippen LogP contribution in [0.5, 0.6) is 11.5 Å². The highest BCUT2D eigenvalue weighted by atomic mass is 16.7. The molecule has 1 fully saturated rings. The number of fused-ring (bicyclic) bond motifs is 1. The number of carbonyl (C=O) groups excluding carboxylic acids is 1. The number of rotatable bonds is 5. The molecule has 2 aromatic carbocycles. The number of carbonyl (C=O) groups is 1. The third-order valence-corrected chi connectivity index (χ3v) is 5.35. The number of likely N-dealkylation sites (tertiary alicyclic amines) is 1. The molecule has 0 radical (unpaired) electrons. The molecule has 1 unspecified atom stereocenters. The van der Waals surface area contributed by atoms with E-state index in [0.717, 1.165) is 47.7 Å². The Balaban J connectivity index is 1.26. The van der Waals surface area contributed by atoms with E-state index in [2.05, 4.69) is 15.2 Å². The van der Waals surface area contributed by atoms with Crippen molar-refractivity contribution in [3.05, 3.63) is 60.5 Å². The largest absolute Gasteiger partial charge is 0.454 e. The van der Waals surface area contributed by atoms with Crippen LogP contribution in [0.3, 0.4) is 0 Å². The molecule has 0 saturated carbocycles. The quantitative estimate of drug-likeness (QED) is 0.715. The van der Waals surface area contributed by atoms with Crippen molar-refractivity contribution < 1.29 is 18.7 Å². The Hall–Kier alpha value is -3.32. The predicted molar refractivity (Wildman–Crippen MR) is 107 cm³/mol. The zero-order valence-corrected chi connectivity index (χ0v) is 15.8. The van der Waals surface area contributed by atoms with Crippen molar-refractivity contribution in [1.29, 1.82) is 0 Å². The lowest BCUT2D eigenvalue weighted by Crippen LogP contribution is -2.39. The van der Waals surface area contributed by atoms with Crippen molar-refractivity contribution in [2.24, 2.45) is 0 Å². The van der Waals surface area contributed by atoms with Gasteiger partial charge in [-0.3, -0.25) is 9.69 Å². The molecule has 0 bridgehead atoms. The van der Waals surface area contributed by atoms with Crippen LogP contribution in [0.1, 0.15) is 18.4 Å². The fourth-order valence-electron chi connectivity index (χ4n) is 3.93. The number of aromatic nitrogens is 1. The molecule has 7 nitrogen and oxygen atoms in total. The molecule has 3 heterocycles. The second-order valence-electron chi connectivity index (χ2n) is 7.18. The molecule has 0 spiro atoms. The topological polar surface area (TPSA) is 76.8 Å². The Morgan fingerprint density at radius 1 is 1.17 bits per heavy atom. The van der Waals surface area contributed by atoms with Gasteiger partial charge in [-0.1, -0.05) is 12.1 Å². The number of anilines is 1. The SMILES string of the molecule is O=C(Nc1ccc(-c2ncco2)cc1)C1CCCN1Cc1cccc2c1OCO2. The molecule has 1 N–H and O–H groups in total. The first-order chi connectivity index (χ1) is 14.3. The van der Waals surface area contributed by atoms with Gasteiger partial charge in [0.2, 0.25) is 18.6 Å². The molecule has 1 atom stereocenters. The molecule has 3 aromatic rings. The molecule has 148 valence electrons. The van der Waals surface area contributed by atoms with E-state index in [-0.39, 0.29) is 18.7 Å². The number of nitrogens with zero attached hydrogens (tertiary/aromatic N) is 2. The summed E-state index contributed by atoms with van der Waals surface area (Å²) in [6.07, 6.45) is 4.98. The fraction of sp³-hybridized carbons (Fsp3) is 0.273. The number of nitrogens with one attached hydrogen (secondary N) is 1. The molecule has 7 heteroatoms. The van der Waals surface area contributed by atoms with E-state index < -0.39 is 0 Å². The molecule has 2 aliphatic heterocycles. The summed E-state index contributed by atoms with van der Waals surface area (Å²) in [6, 6.07) is 13.2. The lowest BCUT2D eigenvalue weighted by molar-refractivity contribution is -0.120. The van der Waals surface area contributed by atoms with Gasteiger partial charge >= 0.3 is 0 Å². The summed E-state index contributed by atoms with van der Waals surface area (Å²) in [5.74, 6) is 2.14. The molecule has 1 saturated heterocycles. The van der Waals surface area contributed by atoms with Crippen molar-refractivity contribution in [1.82, 2.24) is 9.88 Å².